The van der Waals surface area contributed by atoms with Gasteiger partial charge in [-0.25, -0.2) is 4.98 Å². The normalized spacial score (nSPS) is 20.7. The molecule has 1 aromatic heterocycles. The first-order chi connectivity index (χ1) is 10.2. The summed E-state index contributed by atoms with van der Waals surface area (Å²) in [4.78, 5) is 18.5. The van der Waals surface area contributed by atoms with Crippen molar-refractivity contribution in [1.29, 1.82) is 0 Å². The monoisotopic (exact) mass is 292 g/mol. The molecule has 7 nitrogen and oxygen atoms in total. The van der Waals surface area contributed by atoms with Crippen molar-refractivity contribution >= 4 is 10.9 Å². The van der Waals surface area contributed by atoms with Crippen LogP contribution in [0.5, 0.6) is 11.5 Å². The number of aromatic nitrogens is 2. The van der Waals surface area contributed by atoms with E-state index in [0.29, 0.717) is 35.6 Å². The summed E-state index contributed by atoms with van der Waals surface area (Å²) < 4.78 is 22.1. The van der Waals surface area contributed by atoms with Crippen LogP contribution in [0.2, 0.25) is 0 Å². The summed E-state index contributed by atoms with van der Waals surface area (Å²) in [5, 5.41) is 0.459. The first-order valence-corrected chi connectivity index (χ1v) is 6.55. The fourth-order valence-electron chi connectivity index (χ4n) is 2.35. The van der Waals surface area contributed by atoms with Crippen molar-refractivity contribution in [2.75, 3.05) is 27.4 Å². The molecule has 0 saturated heterocycles. The molecule has 2 heterocycles. The van der Waals surface area contributed by atoms with E-state index < -0.39 is 0 Å². The lowest BCUT2D eigenvalue weighted by atomic mass is 10.1. The van der Waals surface area contributed by atoms with E-state index in [0.717, 1.165) is 0 Å². The van der Waals surface area contributed by atoms with Gasteiger partial charge < -0.3 is 23.9 Å². The zero-order chi connectivity index (χ0) is 14.8. The van der Waals surface area contributed by atoms with Crippen LogP contribution in [-0.4, -0.2) is 49.6 Å². The summed E-state index contributed by atoms with van der Waals surface area (Å²) >= 11 is 0. The maximum atomic E-state index is 11.8. The number of rotatable bonds is 4. The average molecular weight is 292 g/mol. The van der Waals surface area contributed by atoms with Crippen molar-refractivity contribution < 1.29 is 18.9 Å². The Balaban J connectivity index is 2.03. The Hall–Kier alpha value is -2.12. The predicted molar refractivity (Wildman–Crippen MR) is 74.9 cm³/mol. The van der Waals surface area contributed by atoms with Crippen LogP contribution >= 0.6 is 0 Å². The van der Waals surface area contributed by atoms with Gasteiger partial charge in [-0.2, -0.15) is 0 Å². The smallest absolute Gasteiger partial charge is 0.258 e. The first-order valence-electron chi connectivity index (χ1n) is 6.55. The van der Waals surface area contributed by atoms with Gasteiger partial charge in [-0.1, -0.05) is 0 Å². The molecule has 112 valence electrons. The van der Waals surface area contributed by atoms with Gasteiger partial charge in [-0.15, -0.1) is 0 Å². The topological polar surface area (TPSA) is 82.7 Å². The SMILES string of the molecule is COCC1Oc2cc3nc[nH]c(=O)c3cc2OC1COC. The van der Waals surface area contributed by atoms with Gasteiger partial charge in [-0.3, -0.25) is 4.79 Å². The number of ether oxygens (including phenoxy) is 4. The lowest BCUT2D eigenvalue weighted by Gasteiger charge is -2.33. The molecule has 0 amide bonds. The van der Waals surface area contributed by atoms with Crippen molar-refractivity contribution in [2.24, 2.45) is 0 Å². The van der Waals surface area contributed by atoms with E-state index in [-0.39, 0.29) is 17.8 Å². The molecular weight excluding hydrogens is 276 g/mol. The molecule has 2 atom stereocenters. The van der Waals surface area contributed by atoms with Gasteiger partial charge in [0, 0.05) is 20.3 Å². The molecule has 21 heavy (non-hydrogen) atoms. The molecular formula is C14H16N2O5. The number of hydrogen-bond donors (Lipinski definition) is 1. The van der Waals surface area contributed by atoms with Crippen LogP contribution in [0.25, 0.3) is 10.9 Å². The number of methoxy groups -OCH3 is 2. The molecule has 0 spiro atoms. The summed E-state index contributed by atoms with van der Waals surface area (Å²) in [5.41, 5.74) is 0.344. The van der Waals surface area contributed by atoms with Gasteiger partial charge in [0.2, 0.25) is 0 Å². The molecule has 0 aliphatic carbocycles. The van der Waals surface area contributed by atoms with Crippen LogP contribution in [0.1, 0.15) is 0 Å². The lowest BCUT2D eigenvalue weighted by molar-refractivity contribution is -0.0513. The van der Waals surface area contributed by atoms with E-state index in [1.807, 2.05) is 0 Å². The molecule has 1 aliphatic heterocycles. The van der Waals surface area contributed by atoms with Crippen LogP contribution in [0.3, 0.4) is 0 Å². The standard InChI is InChI=1S/C14H16N2O5/c1-18-5-12-13(6-19-2)21-11-4-9-8(3-10(11)20-12)14(17)16-7-15-9/h3-4,7,12-13H,5-6H2,1-2H3,(H,15,16,17). The second-order valence-corrected chi connectivity index (χ2v) is 4.77. The third kappa shape index (κ3) is 2.57. The van der Waals surface area contributed by atoms with Gasteiger partial charge in [0.15, 0.2) is 23.7 Å². The number of nitrogens with one attached hydrogen (secondary N) is 1. The highest BCUT2D eigenvalue weighted by atomic mass is 16.6. The molecule has 0 radical (unpaired) electrons. The minimum absolute atomic E-state index is 0.214. The predicted octanol–water partition coefficient (Wildman–Crippen LogP) is 0.724. The molecule has 0 fully saturated rings. The number of nitrogens with zero attached hydrogens (tertiary/aromatic N) is 1. The van der Waals surface area contributed by atoms with E-state index in [1.54, 1.807) is 26.4 Å². The number of fused-ring (bicyclic) bond motifs is 2. The Labute approximate surface area is 120 Å². The summed E-state index contributed by atoms with van der Waals surface area (Å²) in [6.07, 6.45) is 0.790. The quantitative estimate of drug-likeness (QED) is 0.894. The first kappa shape index (κ1) is 13.8. The Morgan fingerprint density at radius 2 is 1.76 bits per heavy atom. The van der Waals surface area contributed by atoms with E-state index in [4.69, 9.17) is 18.9 Å². The van der Waals surface area contributed by atoms with E-state index in [9.17, 15) is 4.79 Å². The van der Waals surface area contributed by atoms with Crippen molar-refractivity contribution in [3.63, 3.8) is 0 Å². The molecule has 2 aromatic rings. The van der Waals surface area contributed by atoms with E-state index >= 15 is 0 Å². The zero-order valence-electron chi connectivity index (χ0n) is 11.8. The highest BCUT2D eigenvalue weighted by Gasteiger charge is 2.32. The number of benzene rings is 1. The Kier molecular flexibility index (Phi) is 3.76. The van der Waals surface area contributed by atoms with Crippen molar-refractivity contribution in [3.8, 4) is 11.5 Å². The largest absolute Gasteiger partial charge is 0.480 e. The molecule has 3 rings (SSSR count). The Bertz CT molecular complexity index is 699. The van der Waals surface area contributed by atoms with E-state index in [1.165, 1.54) is 6.33 Å². The van der Waals surface area contributed by atoms with Crippen LogP contribution < -0.4 is 15.0 Å². The van der Waals surface area contributed by atoms with Crippen molar-refractivity contribution in [1.82, 2.24) is 9.97 Å². The molecule has 2 unspecified atom stereocenters. The molecule has 1 aliphatic rings. The third-order valence-corrected chi connectivity index (χ3v) is 3.34. The third-order valence-electron chi connectivity index (χ3n) is 3.34. The van der Waals surface area contributed by atoms with E-state index in [2.05, 4.69) is 9.97 Å². The number of H-pyrrole nitrogens is 1. The zero-order valence-corrected chi connectivity index (χ0v) is 11.8. The molecule has 7 heteroatoms. The minimum Gasteiger partial charge on any atom is -0.480 e. The van der Waals surface area contributed by atoms with Crippen LogP contribution in [0.4, 0.5) is 0 Å². The average Bonchev–Trinajstić information content (AvgIpc) is 2.47. The second-order valence-electron chi connectivity index (χ2n) is 4.77. The summed E-state index contributed by atoms with van der Waals surface area (Å²) in [7, 11) is 3.20. The Morgan fingerprint density at radius 1 is 1.14 bits per heavy atom. The van der Waals surface area contributed by atoms with Crippen molar-refractivity contribution in [3.05, 3.63) is 28.8 Å². The summed E-state index contributed by atoms with van der Waals surface area (Å²) in [6, 6.07) is 3.34. The van der Waals surface area contributed by atoms with Gasteiger partial charge in [0.05, 0.1) is 30.4 Å². The molecule has 0 bridgehead atoms. The maximum absolute atomic E-state index is 11.8. The van der Waals surface area contributed by atoms with Crippen LogP contribution in [0.15, 0.2) is 23.3 Å². The number of hydrogen-bond acceptors (Lipinski definition) is 6. The van der Waals surface area contributed by atoms with Crippen LogP contribution in [-0.2, 0) is 9.47 Å². The summed E-state index contributed by atoms with van der Waals surface area (Å²) in [6.45, 7) is 0.753. The fraction of sp³-hybridized carbons (Fsp3) is 0.429. The highest BCUT2D eigenvalue weighted by Crippen LogP contribution is 2.36. The van der Waals surface area contributed by atoms with Gasteiger partial charge in [0.25, 0.3) is 5.56 Å². The van der Waals surface area contributed by atoms with Crippen LogP contribution in [0, 0.1) is 0 Å². The van der Waals surface area contributed by atoms with Gasteiger partial charge in [-0.05, 0) is 6.07 Å². The second kappa shape index (κ2) is 5.71. The number of aromatic amines is 1. The molecule has 1 aromatic carbocycles. The van der Waals surface area contributed by atoms with Crippen molar-refractivity contribution in [2.45, 2.75) is 12.2 Å². The Morgan fingerprint density at radius 3 is 2.38 bits per heavy atom. The van der Waals surface area contributed by atoms with Gasteiger partial charge in [0.1, 0.15) is 0 Å². The molecule has 1 N–H and O–H groups in total. The highest BCUT2D eigenvalue weighted by molar-refractivity contribution is 5.81. The summed E-state index contributed by atoms with van der Waals surface area (Å²) in [5.74, 6) is 1.06. The molecule has 0 saturated carbocycles. The van der Waals surface area contributed by atoms with Gasteiger partial charge >= 0.3 is 0 Å². The fourth-order valence-corrected chi connectivity index (χ4v) is 2.35. The minimum atomic E-state index is -0.296. The lowest BCUT2D eigenvalue weighted by Crippen LogP contribution is -2.45. The maximum Gasteiger partial charge on any atom is 0.258 e.